The highest BCUT2D eigenvalue weighted by molar-refractivity contribution is 5.84. The molecule has 1 rings (SSSR count). The third-order valence-electron chi connectivity index (χ3n) is 2.55. The van der Waals surface area contributed by atoms with E-state index in [0.717, 1.165) is 25.7 Å². The molecule has 0 radical (unpaired) electrons. The Balaban J connectivity index is 2.59. The molecule has 0 aliphatic heterocycles. The Bertz CT molecular complexity index is 162. The Hall–Kier alpha value is -0.610. The van der Waals surface area contributed by atoms with Crippen molar-refractivity contribution in [3.63, 3.8) is 0 Å². The Morgan fingerprint density at radius 2 is 1.75 bits per heavy atom. The number of carbonyl (C=O) groups is 1. The molecule has 0 atom stereocenters. The van der Waals surface area contributed by atoms with Crippen LogP contribution in [0.1, 0.15) is 38.5 Å². The van der Waals surface area contributed by atoms with Crippen molar-refractivity contribution in [1.29, 1.82) is 0 Å². The molecular formula is C8H16N2O2. The summed E-state index contributed by atoms with van der Waals surface area (Å²) in [6.07, 6.45) is 5.59. The predicted molar refractivity (Wildman–Crippen MR) is 44.5 cm³/mol. The van der Waals surface area contributed by atoms with Gasteiger partial charge in [-0.2, -0.15) is 0 Å². The molecule has 0 saturated heterocycles. The first kappa shape index (κ1) is 9.48. The summed E-state index contributed by atoms with van der Waals surface area (Å²) in [6.45, 7) is 0. The highest BCUT2D eigenvalue weighted by atomic mass is 16.5. The van der Waals surface area contributed by atoms with Gasteiger partial charge in [0, 0.05) is 0 Å². The molecule has 4 N–H and O–H groups in total. The summed E-state index contributed by atoms with van der Waals surface area (Å²) in [5, 5.41) is 8.46. The van der Waals surface area contributed by atoms with E-state index in [2.05, 4.69) is 0 Å². The van der Waals surface area contributed by atoms with Gasteiger partial charge in [0.15, 0.2) is 0 Å². The molecule has 0 bridgehead atoms. The SMILES string of the molecule is NC1(C(=O)NO)CCCCCC1. The van der Waals surface area contributed by atoms with E-state index in [0.29, 0.717) is 12.8 Å². The number of hydrogen-bond acceptors (Lipinski definition) is 3. The van der Waals surface area contributed by atoms with Crippen LogP contribution in [0.15, 0.2) is 0 Å². The average molecular weight is 172 g/mol. The third kappa shape index (κ3) is 1.95. The van der Waals surface area contributed by atoms with Crippen molar-refractivity contribution in [3.8, 4) is 0 Å². The van der Waals surface area contributed by atoms with Gasteiger partial charge < -0.3 is 5.73 Å². The van der Waals surface area contributed by atoms with Gasteiger partial charge in [-0.15, -0.1) is 0 Å². The van der Waals surface area contributed by atoms with E-state index in [1.807, 2.05) is 0 Å². The lowest BCUT2D eigenvalue weighted by atomic mass is 9.91. The highest BCUT2D eigenvalue weighted by Crippen LogP contribution is 2.24. The summed E-state index contributed by atoms with van der Waals surface area (Å²) >= 11 is 0. The fraction of sp³-hybridized carbons (Fsp3) is 0.875. The molecule has 4 heteroatoms. The van der Waals surface area contributed by atoms with E-state index in [1.165, 1.54) is 0 Å². The summed E-state index contributed by atoms with van der Waals surface area (Å²) in [4.78, 5) is 11.2. The molecule has 0 unspecified atom stereocenters. The summed E-state index contributed by atoms with van der Waals surface area (Å²) in [5.41, 5.74) is 6.65. The van der Waals surface area contributed by atoms with Crippen molar-refractivity contribution in [2.45, 2.75) is 44.1 Å². The topological polar surface area (TPSA) is 75.4 Å². The lowest BCUT2D eigenvalue weighted by Gasteiger charge is -2.24. The smallest absolute Gasteiger partial charge is 0.263 e. The lowest BCUT2D eigenvalue weighted by molar-refractivity contribution is -0.135. The monoisotopic (exact) mass is 172 g/mol. The van der Waals surface area contributed by atoms with E-state index in [9.17, 15) is 4.79 Å². The van der Waals surface area contributed by atoms with Crippen LogP contribution in [0.2, 0.25) is 0 Å². The Kier molecular flexibility index (Phi) is 3.05. The van der Waals surface area contributed by atoms with Crippen LogP contribution in [0, 0.1) is 0 Å². The molecule has 1 saturated carbocycles. The first-order chi connectivity index (χ1) is 5.69. The molecule has 0 aromatic rings. The molecule has 0 aromatic carbocycles. The Labute approximate surface area is 72.1 Å². The molecule has 12 heavy (non-hydrogen) atoms. The minimum absolute atomic E-state index is 0.440. The van der Waals surface area contributed by atoms with E-state index in [-0.39, 0.29) is 0 Å². The number of carbonyl (C=O) groups excluding carboxylic acids is 1. The van der Waals surface area contributed by atoms with Crippen LogP contribution in [0.25, 0.3) is 0 Å². The number of nitrogens with two attached hydrogens (primary N) is 1. The number of hydroxylamine groups is 1. The van der Waals surface area contributed by atoms with Crippen LogP contribution < -0.4 is 11.2 Å². The summed E-state index contributed by atoms with van der Waals surface area (Å²) in [5.74, 6) is -0.440. The highest BCUT2D eigenvalue weighted by Gasteiger charge is 2.33. The molecule has 1 aliphatic rings. The quantitative estimate of drug-likeness (QED) is 0.307. The van der Waals surface area contributed by atoms with E-state index < -0.39 is 11.4 Å². The van der Waals surface area contributed by atoms with Crippen LogP contribution in [0.3, 0.4) is 0 Å². The fourth-order valence-corrected chi connectivity index (χ4v) is 1.70. The first-order valence-electron chi connectivity index (χ1n) is 4.42. The maximum atomic E-state index is 11.2. The van der Waals surface area contributed by atoms with Gasteiger partial charge in [0.05, 0.1) is 5.54 Å². The normalized spacial score (nSPS) is 22.8. The van der Waals surface area contributed by atoms with Crippen LogP contribution in [-0.2, 0) is 4.79 Å². The molecule has 0 heterocycles. The van der Waals surface area contributed by atoms with E-state index >= 15 is 0 Å². The number of nitrogens with one attached hydrogen (secondary N) is 1. The number of amides is 1. The molecule has 1 aliphatic carbocycles. The van der Waals surface area contributed by atoms with Crippen molar-refractivity contribution < 1.29 is 10.0 Å². The van der Waals surface area contributed by atoms with Gasteiger partial charge in [0.1, 0.15) is 0 Å². The fourth-order valence-electron chi connectivity index (χ4n) is 1.70. The molecule has 4 nitrogen and oxygen atoms in total. The molecule has 1 fully saturated rings. The van der Waals surface area contributed by atoms with E-state index in [4.69, 9.17) is 10.9 Å². The predicted octanol–water partition coefficient (Wildman–Crippen LogP) is 0.543. The van der Waals surface area contributed by atoms with Crippen LogP contribution >= 0.6 is 0 Å². The second kappa shape index (κ2) is 3.87. The van der Waals surface area contributed by atoms with Crippen molar-refractivity contribution in [2.24, 2.45) is 5.73 Å². The maximum absolute atomic E-state index is 11.2. The van der Waals surface area contributed by atoms with Gasteiger partial charge in [0.25, 0.3) is 5.91 Å². The summed E-state index contributed by atoms with van der Waals surface area (Å²) in [6, 6.07) is 0. The number of hydrogen-bond donors (Lipinski definition) is 3. The second-order valence-corrected chi connectivity index (χ2v) is 3.51. The summed E-state index contributed by atoms with van der Waals surface area (Å²) in [7, 11) is 0. The first-order valence-corrected chi connectivity index (χ1v) is 4.42. The van der Waals surface area contributed by atoms with Crippen LogP contribution in [0.4, 0.5) is 0 Å². The molecule has 0 spiro atoms. The van der Waals surface area contributed by atoms with Gasteiger partial charge in [-0.25, -0.2) is 5.48 Å². The Morgan fingerprint density at radius 3 is 2.17 bits per heavy atom. The van der Waals surface area contributed by atoms with Crippen molar-refractivity contribution in [1.82, 2.24) is 5.48 Å². The number of rotatable bonds is 1. The van der Waals surface area contributed by atoms with Gasteiger partial charge in [-0.05, 0) is 12.8 Å². The molecular weight excluding hydrogens is 156 g/mol. The van der Waals surface area contributed by atoms with E-state index in [1.54, 1.807) is 5.48 Å². The molecule has 1 amide bonds. The van der Waals surface area contributed by atoms with Gasteiger partial charge >= 0.3 is 0 Å². The van der Waals surface area contributed by atoms with Gasteiger partial charge in [-0.3, -0.25) is 10.0 Å². The molecule has 70 valence electrons. The second-order valence-electron chi connectivity index (χ2n) is 3.51. The maximum Gasteiger partial charge on any atom is 0.263 e. The minimum Gasteiger partial charge on any atom is -0.317 e. The largest absolute Gasteiger partial charge is 0.317 e. The Morgan fingerprint density at radius 1 is 1.25 bits per heavy atom. The van der Waals surface area contributed by atoms with Crippen molar-refractivity contribution in [2.75, 3.05) is 0 Å². The van der Waals surface area contributed by atoms with Gasteiger partial charge in [0.2, 0.25) is 0 Å². The molecule has 0 aromatic heterocycles. The zero-order valence-electron chi connectivity index (χ0n) is 7.18. The van der Waals surface area contributed by atoms with Crippen LogP contribution in [0.5, 0.6) is 0 Å². The van der Waals surface area contributed by atoms with Crippen LogP contribution in [-0.4, -0.2) is 16.7 Å². The van der Waals surface area contributed by atoms with Crippen molar-refractivity contribution in [3.05, 3.63) is 0 Å². The third-order valence-corrected chi connectivity index (χ3v) is 2.55. The standard InChI is InChI=1S/C8H16N2O2/c9-8(7(11)10-12)5-3-1-2-4-6-8/h12H,1-6,9H2,(H,10,11). The van der Waals surface area contributed by atoms with Crippen molar-refractivity contribution >= 4 is 5.91 Å². The average Bonchev–Trinajstić information content (AvgIpc) is 2.29. The minimum atomic E-state index is -0.828. The van der Waals surface area contributed by atoms with Gasteiger partial charge in [-0.1, -0.05) is 25.7 Å². The zero-order chi connectivity index (χ0) is 9.03. The lowest BCUT2D eigenvalue weighted by Crippen LogP contribution is -2.52. The summed E-state index contributed by atoms with van der Waals surface area (Å²) < 4.78 is 0. The zero-order valence-corrected chi connectivity index (χ0v) is 7.18.